The molecule has 0 aliphatic heterocycles. The van der Waals surface area contributed by atoms with Crippen molar-refractivity contribution in [3.05, 3.63) is 92.2 Å². The van der Waals surface area contributed by atoms with E-state index in [2.05, 4.69) is 10.3 Å². The van der Waals surface area contributed by atoms with Crippen LogP contribution in [0.2, 0.25) is 0 Å². The summed E-state index contributed by atoms with van der Waals surface area (Å²) < 4.78 is 6.80. The largest absolute Gasteiger partial charge is 0.497 e. The number of amides is 1. The average molecular weight is 420 g/mol. The molecule has 0 unspecified atom stereocenters. The maximum atomic E-state index is 13.1. The molecule has 1 aromatic carbocycles. The van der Waals surface area contributed by atoms with E-state index in [1.54, 1.807) is 48.3 Å². The van der Waals surface area contributed by atoms with Gasteiger partial charge in [-0.3, -0.25) is 14.6 Å². The Morgan fingerprint density at radius 1 is 1.20 bits per heavy atom. The Balaban J connectivity index is 1.63. The molecule has 0 saturated carbocycles. The minimum absolute atomic E-state index is 0.178. The number of methoxy groups -OCH3 is 1. The van der Waals surface area contributed by atoms with Crippen LogP contribution in [-0.4, -0.2) is 22.6 Å². The van der Waals surface area contributed by atoms with E-state index in [4.69, 9.17) is 4.74 Å². The monoisotopic (exact) mass is 419 g/mol. The second kappa shape index (κ2) is 8.51. The highest BCUT2D eigenvalue weighted by Gasteiger charge is 2.14. The number of ether oxygens (including phenoxy) is 1. The van der Waals surface area contributed by atoms with Gasteiger partial charge in [0.1, 0.15) is 5.75 Å². The van der Waals surface area contributed by atoms with Gasteiger partial charge in [0.15, 0.2) is 0 Å². The molecule has 152 valence electrons. The van der Waals surface area contributed by atoms with Crippen LogP contribution in [0.3, 0.4) is 0 Å². The second-order valence-electron chi connectivity index (χ2n) is 6.91. The van der Waals surface area contributed by atoms with E-state index in [-0.39, 0.29) is 11.5 Å². The topological polar surface area (TPSA) is 73.2 Å². The summed E-state index contributed by atoms with van der Waals surface area (Å²) in [7, 11) is 1.62. The van der Waals surface area contributed by atoms with Crippen LogP contribution in [0.15, 0.2) is 64.9 Å². The summed E-state index contributed by atoms with van der Waals surface area (Å²) >= 11 is 1.58. The van der Waals surface area contributed by atoms with Crippen molar-refractivity contribution < 1.29 is 9.53 Å². The van der Waals surface area contributed by atoms with E-state index in [1.165, 1.54) is 0 Å². The molecule has 0 aliphatic rings. The summed E-state index contributed by atoms with van der Waals surface area (Å²) in [4.78, 5) is 31.3. The number of carbonyl (C=O) groups is 1. The number of aromatic nitrogens is 2. The maximum Gasteiger partial charge on any atom is 0.260 e. The van der Waals surface area contributed by atoms with E-state index >= 15 is 0 Å². The van der Waals surface area contributed by atoms with Gasteiger partial charge < -0.3 is 14.6 Å². The molecule has 0 atom stereocenters. The third kappa shape index (κ3) is 4.11. The third-order valence-corrected chi connectivity index (χ3v) is 5.78. The Hall–Kier alpha value is -3.45. The van der Waals surface area contributed by atoms with Gasteiger partial charge in [0.05, 0.1) is 42.4 Å². The van der Waals surface area contributed by atoms with Crippen molar-refractivity contribution >= 4 is 28.1 Å². The van der Waals surface area contributed by atoms with Gasteiger partial charge in [-0.2, -0.15) is 0 Å². The van der Waals surface area contributed by atoms with Gasteiger partial charge in [0.2, 0.25) is 0 Å². The standard InChI is InChI=1S/C23H21N3O3S/c1-15-19(22(27)24-13-18-4-3-11-30-18)12-20-21(25-15)9-10-26(23(20)28)14-16-5-7-17(29-2)8-6-16/h3-12H,13-14H2,1-2H3,(H,24,27). The lowest BCUT2D eigenvalue weighted by Crippen LogP contribution is -2.25. The fourth-order valence-electron chi connectivity index (χ4n) is 3.26. The van der Waals surface area contributed by atoms with Gasteiger partial charge in [-0.05, 0) is 48.2 Å². The molecule has 1 amide bonds. The van der Waals surface area contributed by atoms with Gasteiger partial charge in [0.25, 0.3) is 11.5 Å². The molecule has 3 heterocycles. The van der Waals surface area contributed by atoms with E-state index < -0.39 is 0 Å². The molecule has 0 radical (unpaired) electrons. The number of carbonyl (C=O) groups excluding carboxylic acids is 1. The van der Waals surface area contributed by atoms with Gasteiger partial charge in [0, 0.05) is 11.1 Å². The molecule has 1 N–H and O–H groups in total. The first-order valence-electron chi connectivity index (χ1n) is 9.49. The van der Waals surface area contributed by atoms with Crippen molar-refractivity contribution in [2.45, 2.75) is 20.0 Å². The van der Waals surface area contributed by atoms with Gasteiger partial charge in [-0.1, -0.05) is 18.2 Å². The summed E-state index contributed by atoms with van der Waals surface area (Å²) in [6.45, 7) is 2.65. The molecule has 6 nitrogen and oxygen atoms in total. The smallest absolute Gasteiger partial charge is 0.260 e. The number of benzene rings is 1. The zero-order valence-corrected chi connectivity index (χ0v) is 17.5. The zero-order chi connectivity index (χ0) is 21.1. The van der Waals surface area contributed by atoms with Crippen LogP contribution in [0.5, 0.6) is 5.75 Å². The van der Waals surface area contributed by atoms with Crippen molar-refractivity contribution in [2.75, 3.05) is 7.11 Å². The first-order chi connectivity index (χ1) is 14.5. The van der Waals surface area contributed by atoms with E-state index in [1.807, 2.05) is 41.8 Å². The van der Waals surface area contributed by atoms with Gasteiger partial charge >= 0.3 is 0 Å². The number of fused-ring (bicyclic) bond motifs is 1. The Kier molecular flexibility index (Phi) is 5.63. The molecule has 0 spiro atoms. The number of hydrogen-bond donors (Lipinski definition) is 1. The Morgan fingerprint density at radius 2 is 2.00 bits per heavy atom. The average Bonchev–Trinajstić information content (AvgIpc) is 3.28. The molecule has 4 aromatic rings. The molecule has 0 fully saturated rings. The van der Waals surface area contributed by atoms with Crippen LogP contribution in [0.25, 0.3) is 10.9 Å². The Bertz CT molecular complexity index is 1250. The number of nitrogens with one attached hydrogen (secondary N) is 1. The van der Waals surface area contributed by atoms with Crippen LogP contribution < -0.4 is 15.6 Å². The number of aryl methyl sites for hydroxylation is 1. The van der Waals surface area contributed by atoms with Crippen molar-refractivity contribution in [1.29, 1.82) is 0 Å². The third-order valence-electron chi connectivity index (χ3n) is 4.91. The minimum atomic E-state index is -0.236. The number of thiophene rings is 1. The Morgan fingerprint density at radius 3 is 2.70 bits per heavy atom. The number of rotatable bonds is 6. The molecular weight excluding hydrogens is 398 g/mol. The SMILES string of the molecule is COc1ccc(Cn2ccc3nc(C)c(C(=O)NCc4cccs4)cc3c2=O)cc1. The molecule has 30 heavy (non-hydrogen) atoms. The maximum absolute atomic E-state index is 13.1. The van der Waals surface area contributed by atoms with Crippen molar-refractivity contribution in [3.8, 4) is 5.75 Å². The van der Waals surface area contributed by atoms with Crippen molar-refractivity contribution in [3.63, 3.8) is 0 Å². The normalized spacial score (nSPS) is 10.9. The molecular formula is C23H21N3O3S. The van der Waals surface area contributed by atoms with Gasteiger partial charge in [-0.25, -0.2) is 0 Å². The number of nitrogens with zero attached hydrogens (tertiary/aromatic N) is 2. The number of pyridine rings is 2. The number of hydrogen-bond acceptors (Lipinski definition) is 5. The predicted molar refractivity (Wildman–Crippen MR) is 118 cm³/mol. The zero-order valence-electron chi connectivity index (χ0n) is 16.7. The lowest BCUT2D eigenvalue weighted by atomic mass is 10.1. The van der Waals surface area contributed by atoms with Crippen LogP contribution in [-0.2, 0) is 13.1 Å². The second-order valence-corrected chi connectivity index (χ2v) is 7.95. The molecule has 4 rings (SSSR count). The lowest BCUT2D eigenvalue weighted by Gasteiger charge is -2.11. The highest BCUT2D eigenvalue weighted by Crippen LogP contribution is 2.16. The molecule has 0 aliphatic carbocycles. The highest BCUT2D eigenvalue weighted by molar-refractivity contribution is 7.09. The molecule has 7 heteroatoms. The predicted octanol–water partition coefficient (Wildman–Crippen LogP) is 3.75. The summed E-state index contributed by atoms with van der Waals surface area (Å²) in [5.41, 5.74) is 2.39. The van der Waals surface area contributed by atoms with Crippen molar-refractivity contribution in [1.82, 2.24) is 14.9 Å². The first-order valence-corrected chi connectivity index (χ1v) is 10.4. The van der Waals surface area contributed by atoms with Crippen LogP contribution in [0.1, 0.15) is 26.5 Å². The molecule has 0 saturated heterocycles. The van der Waals surface area contributed by atoms with Gasteiger partial charge in [-0.15, -0.1) is 11.3 Å². The van der Waals surface area contributed by atoms with E-state index in [0.717, 1.165) is 16.2 Å². The molecule has 3 aromatic heterocycles. The lowest BCUT2D eigenvalue weighted by molar-refractivity contribution is 0.0950. The fourth-order valence-corrected chi connectivity index (χ4v) is 3.91. The van der Waals surface area contributed by atoms with E-state index in [9.17, 15) is 9.59 Å². The molecule has 0 bridgehead atoms. The van der Waals surface area contributed by atoms with Crippen LogP contribution in [0, 0.1) is 6.92 Å². The minimum Gasteiger partial charge on any atom is -0.497 e. The first kappa shape index (κ1) is 19.8. The summed E-state index contributed by atoms with van der Waals surface area (Å²) in [6.07, 6.45) is 1.73. The van der Waals surface area contributed by atoms with Crippen LogP contribution >= 0.6 is 11.3 Å². The summed E-state index contributed by atoms with van der Waals surface area (Å²) in [5.74, 6) is 0.530. The highest BCUT2D eigenvalue weighted by atomic mass is 32.1. The van der Waals surface area contributed by atoms with Crippen LogP contribution in [0.4, 0.5) is 0 Å². The summed E-state index contributed by atoms with van der Waals surface area (Å²) in [6, 6.07) is 14.9. The Labute approximate surface area is 177 Å². The quantitative estimate of drug-likeness (QED) is 0.517. The van der Waals surface area contributed by atoms with E-state index in [0.29, 0.717) is 35.2 Å². The van der Waals surface area contributed by atoms with Crippen molar-refractivity contribution in [2.24, 2.45) is 0 Å². The summed E-state index contributed by atoms with van der Waals surface area (Å²) in [5, 5.41) is 5.30. The fraction of sp³-hybridized carbons (Fsp3) is 0.174.